The van der Waals surface area contributed by atoms with Crippen LogP contribution < -0.4 is 10.1 Å². The Morgan fingerprint density at radius 1 is 1.25 bits per heavy atom. The van der Waals surface area contributed by atoms with Gasteiger partial charge in [0, 0.05) is 18.2 Å². The molecule has 2 rings (SSSR count). The number of benzene rings is 2. The van der Waals surface area contributed by atoms with Gasteiger partial charge in [0.2, 0.25) is 0 Å². The number of hydrogen-bond donors (Lipinski definition) is 2. The Bertz CT molecular complexity index is 710. The highest BCUT2D eigenvalue weighted by molar-refractivity contribution is 5.89. The van der Waals surface area contributed by atoms with Crippen LogP contribution in [0.5, 0.6) is 5.75 Å². The summed E-state index contributed by atoms with van der Waals surface area (Å²) < 4.78 is 31.8. The van der Waals surface area contributed by atoms with Crippen LogP contribution in [0.15, 0.2) is 42.5 Å². The molecule has 2 amide bonds. The molecule has 0 fully saturated rings. The fourth-order valence-corrected chi connectivity index (χ4v) is 2.20. The third-order valence-corrected chi connectivity index (χ3v) is 3.38. The third kappa shape index (κ3) is 4.42. The van der Waals surface area contributed by atoms with Crippen LogP contribution in [0.1, 0.15) is 5.56 Å². The topological polar surface area (TPSA) is 61.8 Å². The quantitative estimate of drug-likeness (QED) is 0.852. The van der Waals surface area contributed by atoms with Crippen LogP contribution in [0.3, 0.4) is 0 Å². The molecule has 5 nitrogen and oxygen atoms in total. The first-order chi connectivity index (χ1) is 11.5. The van der Waals surface area contributed by atoms with Crippen LogP contribution in [0.4, 0.5) is 19.3 Å². The van der Waals surface area contributed by atoms with E-state index in [9.17, 15) is 18.7 Å². The van der Waals surface area contributed by atoms with E-state index in [1.807, 2.05) is 0 Å². The molecule has 7 heteroatoms. The Labute approximate surface area is 138 Å². The van der Waals surface area contributed by atoms with Crippen LogP contribution in [0, 0.1) is 11.6 Å². The molecule has 0 heterocycles. The van der Waals surface area contributed by atoms with Gasteiger partial charge in [-0.05, 0) is 18.2 Å². The average Bonchev–Trinajstić information content (AvgIpc) is 2.57. The van der Waals surface area contributed by atoms with Crippen molar-refractivity contribution in [2.75, 3.05) is 25.6 Å². The lowest BCUT2D eigenvalue weighted by Gasteiger charge is -2.23. The second-order valence-electron chi connectivity index (χ2n) is 5.01. The van der Waals surface area contributed by atoms with E-state index in [4.69, 9.17) is 4.74 Å². The summed E-state index contributed by atoms with van der Waals surface area (Å²) in [5.41, 5.74) is 0.604. The third-order valence-electron chi connectivity index (χ3n) is 3.38. The van der Waals surface area contributed by atoms with Gasteiger partial charge in [-0.2, -0.15) is 0 Å². The number of nitrogens with zero attached hydrogens (tertiary/aromatic N) is 1. The van der Waals surface area contributed by atoms with Crippen molar-refractivity contribution in [2.45, 2.75) is 6.54 Å². The van der Waals surface area contributed by atoms with E-state index in [2.05, 4.69) is 5.32 Å². The van der Waals surface area contributed by atoms with E-state index in [0.29, 0.717) is 11.8 Å². The van der Waals surface area contributed by atoms with Crippen LogP contribution >= 0.6 is 0 Å². The number of aliphatic hydroxyl groups is 1. The summed E-state index contributed by atoms with van der Waals surface area (Å²) in [6, 6.07) is 9.41. The summed E-state index contributed by atoms with van der Waals surface area (Å²) in [7, 11) is 1.52. The zero-order valence-corrected chi connectivity index (χ0v) is 13.1. The molecule has 0 aliphatic carbocycles. The number of hydrogen-bond acceptors (Lipinski definition) is 3. The van der Waals surface area contributed by atoms with E-state index >= 15 is 0 Å². The van der Waals surface area contributed by atoms with E-state index in [1.54, 1.807) is 24.3 Å². The van der Waals surface area contributed by atoms with Gasteiger partial charge in [0.25, 0.3) is 0 Å². The van der Waals surface area contributed by atoms with Crippen LogP contribution in [0.2, 0.25) is 0 Å². The molecule has 2 N–H and O–H groups in total. The van der Waals surface area contributed by atoms with Crippen molar-refractivity contribution in [1.29, 1.82) is 0 Å². The molecule has 0 atom stereocenters. The summed E-state index contributed by atoms with van der Waals surface area (Å²) in [5.74, 6) is -1.00. The number of urea groups is 1. The van der Waals surface area contributed by atoms with E-state index in [1.165, 1.54) is 12.0 Å². The standard InChI is InChI=1S/C17H18F2N2O3/c1-24-16-5-3-2-4-12(16)11-21(8-9-22)17(23)20-15-7-6-13(18)10-14(15)19/h2-7,10,22H,8-9,11H2,1H3,(H,20,23). The van der Waals surface area contributed by atoms with Crippen LogP contribution in [-0.2, 0) is 6.54 Å². The lowest BCUT2D eigenvalue weighted by Crippen LogP contribution is -2.36. The van der Waals surface area contributed by atoms with Crippen molar-refractivity contribution in [3.63, 3.8) is 0 Å². The van der Waals surface area contributed by atoms with Crippen molar-refractivity contribution >= 4 is 11.7 Å². The number of carbonyl (C=O) groups is 1. The first-order valence-electron chi connectivity index (χ1n) is 7.29. The first kappa shape index (κ1) is 17.7. The Kier molecular flexibility index (Phi) is 6.08. The number of anilines is 1. The zero-order valence-electron chi connectivity index (χ0n) is 13.1. The molecule has 0 radical (unpaired) electrons. The number of nitrogens with one attached hydrogen (secondary N) is 1. The van der Waals surface area contributed by atoms with Crippen LogP contribution in [0.25, 0.3) is 0 Å². The Morgan fingerprint density at radius 2 is 2.00 bits per heavy atom. The molecule has 0 aromatic heterocycles. The molecule has 0 aliphatic heterocycles. The van der Waals surface area contributed by atoms with Gasteiger partial charge in [-0.15, -0.1) is 0 Å². The smallest absolute Gasteiger partial charge is 0.322 e. The van der Waals surface area contributed by atoms with Crippen LogP contribution in [-0.4, -0.2) is 36.3 Å². The number of rotatable bonds is 6. The summed E-state index contributed by atoms with van der Waals surface area (Å²) in [6.07, 6.45) is 0. The Morgan fingerprint density at radius 3 is 2.67 bits per heavy atom. The maximum absolute atomic E-state index is 13.7. The highest BCUT2D eigenvalue weighted by atomic mass is 19.1. The maximum Gasteiger partial charge on any atom is 0.322 e. The van der Waals surface area contributed by atoms with Gasteiger partial charge < -0.3 is 20.1 Å². The summed E-state index contributed by atoms with van der Waals surface area (Å²) in [6.45, 7) is -0.0413. The highest BCUT2D eigenvalue weighted by Crippen LogP contribution is 2.20. The average molecular weight is 336 g/mol. The molecule has 0 unspecified atom stereocenters. The maximum atomic E-state index is 13.7. The highest BCUT2D eigenvalue weighted by Gasteiger charge is 2.17. The van der Waals surface area contributed by atoms with Gasteiger partial charge in [-0.3, -0.25) is 0 Å². The second-order valence-corrected chi connectivity index (χ2v) is 5.01. The minimum Gasteiger partial charge on any atom is -0.496 e. The van der Waals surface area contributed by atoms with Crippen molar-refractivity contribution in [2.24, 2.45) is 0 Å². The number of para-hydroxylation sites is 1. The van der Waals surface area contributed by atoms with E-state index in [0.717, 1.165) is 17.7 Å². The molecule has 0 saturated carbocycles. The second kappa shape index (κ2) is 8.26. The van der Waals surface area contributed by atoms with E-state index in [-0.39, 0.29) is 25.4 Å². The van der Waals surface area contributed by atoms with Crippen molar-refractivity contribution in [3.8, 4) is 5.75 Å². The summed E-state index contributed by atoms with van der Waals surface area (Å²) in [4.78, 5) is 13.7. The monoisotopic (exact) mass is 336 g/mol. The normalized spacial score (nSPS) is 10.3. The molecular weight excluding hydrogens is 318 g/mol. The van der Waals surface area contributed by atoms with Gasteiger partial charge in [0.05, 0.1) is 25.9 Å². The number of methoxy groups -OCH3 is 1. The predicted octanol–water partition coefficient (Wildman–Crippen LogP) is 3.00. The molecule has 0 bridgehead atoms. The minimum atomic E-state index is -0.871. The fourth-order valence-electron chi connectivity index (χ4n) is 2.20. The van der Waals surface area contributed by atoms with Crippen molar-refractivity contribution in [1.82, 2.24) is 4.90 Å². The zero-order chi connectivity index (χ0) is 17.5. The van der Waals surface area contributed by atoms with Gasteiger partial charge in [-0.1, -0.05) is 18.2 Å². The van der Waals surface area contributed by atoms with Gasteiger partial charge in [0.1, 0.15) is 17.4 Å². The first-order valence-corrected chi connectivity index (χ1v) is 7.29. The molecule has 0 spiro atoms. The van der Waals surface area contributed by atoms with Crippen molar-refractivity contribution < 1.29 is 23.4 Å². The predicted molar refractivity (Wildman–Crippen MR) is 85.9 cm³/mol. The van der Waals surface area contributed by atoms with Gasteiger partial charge in [0.15, 0.2) is 0 Å². The minimum absolute atomic E-state index is 0.0483. The molecule has 24 heavy (non-hydrogen) atoms. The molecular formula is C17H18F2N2O3. The molecule has 0 aliphatic rings. The lowest BCUT2D eigenvalue weighted by molar-refractivity contribution is 0.184. The Hall–Kier alpha value is -2.67. The summed E-state index contributed by atoms with van der Waals surface area (Å²) in [5, 5.41) is 11.5. The molecule has 2 aromatic carbocycles. The number of ether oxygens (including phenoxy) is 1. The largest absolute Gasteiger partial charge is 0.496 e. The number of aliphatic hydroxyl groups excluding tert-OH is 1. The lowest BCUT2D eigenvalue weighted by atomic mass is 10.2. The molecule has 2 aromatic rings. The van der Waals surface area contributed by atoms with E-state index < -0.39 is 17.7 Å². The molecule has 128 valence electrons. The SMILES string of the molecule is COc1ccccc1CN(CCO)C(=O)Nc1ccc(F)cc1F. The fraction of sp³-hybridized carbons (Fsp3) is 0.235. The number of amides is 2. The summed E-state index contributed by atoms with van der Waals surface area (Å²) >= 11 is 0. The van der Waals surface area contributed by atoms with Gasteiger partial charge >= 0.3 is 6.03 Å². The number of halogens is 2. The number of carbonyl (C=O) groups excluding carboxylic acids is 1. The Balaban J connectivity index is 2.15. The molecule has 0 saturated heterocycles. The van der Waals surface area contributed by atoms with Gasteiger partial charge in [-0.25, -0.2) is 13.6 Å². The van der Waals surface area contributed by atoms with Crippen molar-refractivity contribution in [3.05, 3.63) is 59.7 Å².